The number of nitrogens with zero attached hydrogens (tertiary/aromatic N) is 1. The molecule has 2 aromatic rings. The lowest BCUT2D eigenvalue weighted by Crippen LogP contribution is -2.44. The molecule has 0 radical (unpaired) electrons. The summed E-state index contributed by atoms with van der Waals surface area (Å²) in [5, 5.41) is 2.80. The van der Waals surface area contributed by atoms with Gasteiger partial charge in [-0.2, -0.15) is 0 Å². The van der Waals surface area contributed by atoms with Crippen molar-refractivity contribution >= 4 is 15.9 Å². The number of rotatable bonds is 6. The lowest BCUT2D eigenvalue weighted by Gasteiger charge is -2.16. The topological polar surface area (TPSA) is 99.8 Å². The van der Waals surface area contributed by atoms with Crippen molar-refractivity contribution in [3.63, 3.8) is 0 Å². The van der Waals surface area contributed by atoms with Gasteiger partial charge in [-0.3, -0.25) is 4.79 Å². The quantitative estimate of drug-likeness (QED) is 0.651. The molecule has 2 unspecified atom stereocenters. The fourth-order valence-corrected chi connectivity index (χ4v) is 4.13. The molecule has 0 aromatic heterocycles. The molecule has 0 aliphatic carbocycles. The number of carbonyl (C=O) groups excluding carboxylic acids is 1. The number of methoxy groups -OCH3 is 1. The molecule has 3 rings (SSSR count). The Bertz CT molecular complexity index is 1010. The molecule has 10 heteroatoms. The molecule has 29 heavy (non-hydrogen) atoms. The second kappa shape index (κ2) is 8.46. The summed E-state index contributed by atoms with van der Waals surface area (Å²) < 4.78 is 44.6. The molecule has 3 N–H and O–H groups in total. The zero-order valence-corrected chi connectivity index (χ0v) is 17.1. The van der Waals surface area contributed by atoms with E-state index in [-0.39, 0.29) is 28.1 Å². The zero-order chi connectivity index (χ0) is 21.2. The molecule has 8 nitrogen and oxygen atoms in total. The Morgan fingerprint density at radius 2 is 1.97 bits per heavy atom. The van der Waals surface area contributed by atoms with E-state index in [0.717, 1.165) is 9.87 Å². The number of nitrogens with one attached hydrogen (secondary N) is 3. The van der Waals surface area contributed by atoms with Crippen LogP contribution in [0.15, 0.2) is 47.4 Å². The van der Waals surface area contributed by atoms with Gasteiger partial charge < -0.3 is 10.1 Å². The molecule has 0 spiro atoms. The van der Waals surface area contributed by atoms with Gasteiger partial charge in [-0.05, 0) is 35.9 Å². The number of hydrogen-bond donors (Lipinski definition) is 3. The highest BCUT2D eigenvalue weighted by molar-refractivity contribution is 7.89. The predicted octanol–water partition coefficient (Wildman–Crippen LogP) is 1.38. The van der Waals surface area contributed by atoms with Gasteiger partial charge in [-0.15, -0.1) is 0 Å². The smallest absolute Gasteiger partial charge is 0.252 e. The van der Waals surface area contributed by atoms with Gasteiger partial charge in [0.2, 0.25) is 10.0 Å². The fraction of sp³-hybridized carbons (Fsp3) is 0.316. The largest absolute Gasteiger partial charge is 0.495 e. The van der Waals surface area contributed by atoms with E-state index in [1.54, 1.807) is 12.1 Å². The first-order valence-electron chi connectivity index (χ1n) is 8.90. The Hall–Kier alpha value is -2.53. The van der Waals surface area contributed by atoms with Crippen molar-refractivity contribution in [2.45, 2.75) is 23.5 Å². The molecule has 0 saturated carbocycles. The second-order valence-corrected chi connectivity index (χ2v) is 8.93. The highest BCUT2D eigenvalue weighted by Gasteiger charge is 2.28. The Morgan fingerprint density at radius 3 is 2.62 bits per heavy atom. The first-order chi connectivity index (χ1) is 13.7. The lowest BCUT2D eigenvalue weighted by atomic mass is 10.0. The molecule has 2 atom stereocenters. The van der Waals surface area contributed by atoms with Crippen LogP contribution in [0.3, 0.4) is 0 Å². The van der Waals surface area contributed by atoms with E-state index >= 15 is 0 Å². The van der Waals surface area contributed by atoms with Crippen molar-refractivity contribution in [3.05, 3.63) is 59.4 Å². The van der Waals surface area contributed by atoms with Crippen LogP contribution >= 0.6 is 0 Å². The van der Waals surface area contributed by atoms with Crippen LogP contribution in [0.2, 0.25) is 0 Å². The summed E-state index contributed by atoms with van der Waals surface area (Å²) in [7, 11) is 0.388. The van der Waals surface area contributed by atoms with Crippen LogP contribution in [0.4, 0.5) is 4.39 Å². The van der Waals surface area contributed by atoms with Crippen LogP contribution in [-0.2, 0) is 10.0 Å². The maximum absolute atomic E-state index is 13.4. The predicted molar refractivity (Wildman–Crippen MR) is 105 cm³/mol. The van der Waals surface area contributed by atoms with Gasteiger partial charge in [0.25, 0.3) is 5.91 Å². The van der Waals surface area contributed by atoms with E-state index < -0.39 is 22.1 Å². The fourth-order valence-electron chi connectivity index (χ4n) is 3.05. The Labute approximate surface area is 169 Å². The van der Waals surface area contributed by atoms with E-state index in [4.69, 9.17) is 4.74 Å². The third kappa shape index (κ3) is 4.56. The number of sulfonamides is 1. The van der Waals surface area contributed by atoms with Crippen molar-refractivity contribution in [3.8, 4) is 5.75 Å². The van der Waals surface area contributed by atoms with Crippen molar-refractivity contribution in [2.24, 2.45) is 0 Å². The molecule has 0 bridgehead atoms. The minimum Gasteiger partial charge on any atom is -0.495 e. The van der Waals surface area contributed by atoms with Crippen molar-refractivity contribution in [1.29, 1.82) is 0 Å². The maximum atomic E-state index is 13.4. The number of hydrogen-bond acceptors (Lipinski definition) is 6. The first-order valence-corrected chi connectivity index (χ1v) is 10.3. The van der Waals surface area contributed by atoms with E-state index in [9.17, 15) is 17.6 Å². The molecule has 1 fully saturated rings. The van der Waals surface area contributed by atoms with Gasteiger partial charge in [-0.25, -0.2) is 28.0 Å². The minimum absolute atomic E-state index is 0.0900. The normalized spacial score (nSPS) is 19.3. The Kier molecular flexibility index (Phi) is 6.18. The summed E-state index contributed by atoms with van der Waals surface area (Å²) >= 11 is 0. The number of ether oxygens (including phenoxy) is 1. The van der Waals surface area contributed by atoms with Crippen LogP contribution < -0.4 is 20.9 Å². The summed E-state index contributed by atoms with van der Waals surface area (Å²) in [6, 6.07) is 10.3. The molecule has 1 saturated heterocycles. The van der Waals surface area contributed by atoms with Gasteiger partial charge in [0, 0.05) is 32.1 Å². The number of hydrazine groups is 1. The molecule has 1 amide bonds. The van der Waals surface area contributed by atoms with E-state index in [1.165, 1.54) is 51.5 Å². The third-order valence-corrected chi connectivity index (χ3v) is 6.48. The highest BCUT2D eigenvalue weighted by atomic mass is 32.2. The average Bonchev–Trinajstić information content (AvgIpc) is 3.15. The van der Waals surface area contributed by atoms with E-state index in [1.807, 2.05) is 0 Å². The highest BCUT2D eigenvalue weighted by Crippen LogP contribution is 2.27. The van der Waals surface area contributed by atoms with Gasteiger partial charge in [-0.1, -0.05) is 12.1 Å². The maximum Gasteiger partial charge on any atom is 0.252 e. The van der Waals surface area contributed by atoms with Crippen molar-refractivity contribution in [2.75, 3.05) is 21.2 Å². The minimum atomic E-state index is -3.79. The van der Waals surface area contributed by atoms with Crippen LogP contribution in [0.5, 0.6) is 5.75 Å². The van der Waals surface area contributed by atoms with Gasteiger partial charge in [0.1, 0.15) is 16.5 Å². The monoisotopic (exact) mass is 422 g/mol. The zero-order valence-electron chi connectivity index (χ0n) is 16.3. The average molecular weight is 422 g/mol. The summed E-state index contributed by atoms with van der Waals surface area (Å²) in [4.78, 5) is 12.6. The molecule has 2 aromatic carbocycles. The molecule has 1 aliphatic rings. The Morgan fingerprint density at radius 1 is 1.21 bits per heavy atom. The van der Waals surface area contributed by atoms with Crippen LogP contribution in [0, 0.1) is 5.82 Å². The molecule has 156 valence electrons. The van der Waals surface area contributed by atoms with Crippen molar-refractivity contribution in [1.82, 2.24) is 20.5 Å². The standard InChI is InChI=1S/C19H23FN4O4S/c1-24(2)29(26,27)17-10-13(7-8-16(17)28-3)19(25)21-18-11-15(22-23-18)12-5-4-6-14(20)9-12/h4-10,15,18,22-23H,11H2,1-3H3,(H,21,25). The van der Waals surface area contributed by atoms with Crippen LogP contribution in [-0.4, -0.2) is 46.0 Å². The van der Waals surface area contributed by atoms with Crippen LogP contribution in [0.25, 0.3) is 0 Å². The summed E-state index contributed by atoms with van der Waals surface area (Å²) in [6.07, 6.45) is 0.0839. The van der Waals surface area contributed by atoms with Gasteiger partial charge >= 0.3 is 0 Å². The molecular weight excluding hydrogens is 399 g/mol. The number of amides is 1. The molecule has 1 heterocycles. The summed E-state index contributed by atoms with van der Waals surface area (Å²) in [6.45, 7) is 0. The molecular formula is C19H23FN4O4S. The van der Waals surface area contributed by atoms with Crippen molar-refractivity contribution < 1.29 is 22.3 Å². The Balaban J connectivity index is 1.75. The van der Waals surface area contributed by atoms with Gasteiger partial charge in [0.15, 0.2) is 0 Å². The number of carbonyl (C=O) groups is 1. The first kappa shape index (κ1) is 21.2. The van der Waals surface area contributed by atoms with E-state index in [0.29, 0.717) is 6.42 Å². The number of benzene rings is 2. The summed E-state index contributed by atoms with van der Waals surface area (Å²) in [5.74, 6) is -0.617. The number of halogens is 1. The van der Waals surface area contributed by atoms with Crippen LogP contribution in [0.1, 0.15) is 28.4 Å². The van der Waals surface area contributed by atoms with Gasteiger partial charge in [0.05, 0.1) is 13.3 Å². The molecule has 1 aliphatic heterocycles. The summed E-state index contributed by atoms with van der Waals surface area (Å²) in [5.41, 5.74) is 6.92. The third-order valence-electron chi connectivity index (χ3n) is 4.64. The SMILES string of the molecule is COc1ccc(C(=O)NC2CC(c3cccc(F)c3)NN2)cc1S(=O)(=O)N(C)C. The van der Waals surface area contributed by atoms with E-state index in [2.05, 4.69) is 16.2 Å². The second-order valence-electron chi connectivity index (χ2n) is 6.81. The lowest BCUT2D eigenvalue weighted by molar-refractivity contribution is 0.0932.